The molecule has 31 heavy (non-hydrogen) atoms. The highest BCUT2D eigenvalue weighted by Gasteiger charge is 2.29. The van der Waals surface area contributed by atoms with Gasteiger partial charge in [0.2, 0.25) is 11.7 Å². The number of aromatic nitrogens is 4. The summed E-state index contributed by atoms with van der Waals surface area (Å²) >= 11 is 1.35. The van der Waals surface area contributed by atoms with Gasteiger partial charge >= 0.3 is 0 Å². The van der Waals surface area contributed by atoms with E-state index in [0.717, 1.165) is 17.6 Å². The second-order valence-corrected chi connectivity index (χ2v) is 8.78. The van der Waals surface area contributed by atoms with Crippen LogP contribution in [0.15, 0.2) is 71.1 Å². The number of fused-ring (bicyclic) bond motifs is 4. The highest BCUT2D eigenvalue weighted by molar-refractivity contribution is 8.00. The Morgan fingerprint density at radius 3 is 2.81 bits per heavy atom. The topological polar surface area (TPSA) is 72.5 Å². The number of carbonyl (C=O) groups excluding carboxylic acids is 1. The molecule has 0 aliphatic carbocycles. The minimum atomic E-state index is -0.364. The summed E-state index contributed by atoms with van der Waals surface area (Å²) in [7, 11) is 0. The van der Waals surface area contributed by atoms with Crippen molar-refractivity contribution in [3.63, 3.8) is 0 Å². The van der Waals surface area contributed by atoms with Crippen LogP contribution >= 0.6 is 11.8 Å². The third-order valence-electron chi connectivity index (χ3n) is 5.57. The van der Waals surface area contributed by atoms with Gasteiger partial charge in [-0.15, -0.1) is 16.8 Å². The van der Waals surface area contributed by atoms with Gasteiger partial charge in [0.15, 0.2) is 5.16 Å². The average molecular weight is 432 g/mol. The van der Waals surface area contributed by atoms with Crippen molar-refractivity contribution in [2.24, 2.45) is 0 Å². The van der Waals surface area contributed by atoms with Crippen molar-refractivity contribution in [2.75, 3.05) is 11.4 Å². The van der Waals surface area contributed by atoms with Crippen LogP contribution in [0.25, 0.3) is 16.7 Å². The zero-order valence-electron chi connectivity index (χ0n) is 17.1. The molecule has 2 aromatic heterocycles. The highest BCUT2D eigenvalue weighted by Crippen LogP contribution is 2.31. The zero-order chi connectivity index (χ0) is 21.5. The summed E-state index contributed by atoms with van der Waals surface area (Å²) in [6, 6.07) is 15.4. The molecule has 2 aromatic carbocycles. The van der Waals surface area contributed by atoms with Crippen molar-refractivity contribution in [3.05, 3.63) is 77.1 Å². The van der Waals surface area contributed by atoms with E-state index in [1.807, 2.05) is 52.6 Å². The Morgan fingerprint density at radius 2 is 1.97 bits per heavy atom. The van der Waals surface area contributed by atoms with E-state index >= 15 is 0 Å². The van der Waals surface area contributed by atoms with E-state index in [4.69, 9.17) is 0 Å². The fourth-order valence-corrected chi connectivity index (χ4v) is 5.02. The van der Waals surface area contributed by atoms with Gasteiger partial charge in [0, 0.05) is 18.8 Å². The number of para-hydroxylation sites is 2. The van der Waals surface area contributed by atoms with Crippen molar-refractivity contribution in [1.29, 1.82) is 0 Å². The van der Waals surface area contributed by atoms with Crippen LogP contribution in [-0.4, -0.2) is 36.9 Å². The van der Waals surface area contributed by atoms with Gasteiger partial charge in [-0.05, 0) is 37.1 Å². The lowest BCUT2D eigenvalue weighted by atomic mass is 10.2. The van der Waals surface area contributed by atoms with Crippen molar-refractivity contribution >= 4 is 40.0 Å². The van der Waals surface area contributed by atoms with Gasteiger partial charge < -0.3 is 4.90 Å². The summed E-state index contributed by atoms with van der Waals surface area (Å²) < 4.78 is 3.40. The molecule has 5 rings (SSSR count). The fourth-order valence-electron chi connectivity index (χ4n) is 4.10. The van der Waals surface area contributed by atoms with Crippen LogP contribution in [0.5, 0.6) is 0 Å². The van der Waals surface area contributed by atoms with E-state index in [9.17, 15) is 9.59 Å². The van der Waals surface area contributed by atoms with Crippen LogP contribution in [0, 0.1) is 0 Å². The lowest BCUT2D eigenvalue weighted by molar-refractivity contribution is -0.117. The Bertz CT molecular complexity index is 1390. The Morgan fingerprint density at radius 1 is 1.19 bits per heavy atom. The Labute approximate surface area is 183 Å². The third kappa shape index (κ3) is 3.14. The smallest absolute Gasteiger partial charge is 0.263 e. The minimum absolute atomic E-state index is 0.0374. The quantitative estimate of drug-likeness (QED) is 0.358. The molecule has 1 amide bonds. The number of hydrogen-bond donors (Lipinski definition) is 0. The number of carbonyl (C=O) groups is 1. The monoisotopic (exact) mass is 431 g/mol. The number of hydrogen-bond acceptors (Lipinski definition) is 5. The molecule has 0 N–H and O–H groups in total. The van der Waals surface area contributed by atoms with Crippen LogP contribution < -0.4 is 10.5 Å². The average Bonchev–Trinajstić information content (AvgIpc) is 3.41. The van der Waals surface area contributed by atoms with Crippen molar-refractivity contribution < 1.29 is 4.79 Å². The van der Waals surface area contributed by atoms with Crippen LogP contribution in [0.4, 0.5) is 5.69 Å². The number of nitrogens with zero attached hydrogens (tertiary/aromatic N) is 5. The first-order valence-electron chi connectivity index (χ1n) is 10.1. The number of amides is 1. The SMILES string of the molecule is C=CCn1c(=O)c2ccccc2n2c(S[C@@H](C)C(=O)N3CCc4ccccc43)nnc12. The van der Waals surface area contributed by atoms with Crippen molar-refractivity contribution in [3.8, 4) is 0 Å². The van der Waals surface area contributed by atoms with Crippen molar-refractivity contribution in [1.82, 2.24) is 19.2 Å². The van der Waals surface area contributed by atoms with Gasteiger partial charge in [-0.25, -0.2) is 0 Å². The molecular weight excluding hydrogens is 410 g/mol. The highest BCUT2D eigenvalue weighted by atomic mass is 32.2. The molecule has 1 atom stereocenters. The maximum atomic E-state index is 13.2. The van der Waals surface area contributed by atoms with Crippen LogP contribution in [0.2, 0.25) is 0 Å². The van der Waals surface area contributed by atoms with Gasteiger partial charge in [-0.2, -0.15) is 0 Å². The van der Waals surface area contributed by atoms with Crippen LogP contribution in [-0.2, 0) is 17.8 Å². The summed E-state index contributed by atoms with van der Waals surface area (Å²) in [5.41, 5.74) is 2.77. The molecule has 4 aromatic rings. The molecule has 3 heterocycles. The van der Waals surface area contributed by atoms with E-state index in [1.54, 1.807) is 16.7 Å². The predicted molar refractivity (Wildman–Crippen MR) is 123 cm³/mol. The fraction of sp³-hybridized carbons (Fsp3) is 0.217. The molecule has 0 radical (unpaired) electrons. The lowest BCUT2D eigenvalue weighted by Crippen LogP contribution is -2.35. The number of thioether (sulfide) groups is 1. The maximum absolute atomic E-state index is 13.2. The van der Waals surface area contributed by atoms with Gasteiger partial charge in [0.25, 0.3) is 5.56 Å². The number of benzene rings is 2. The molecule has 0 spiro atoms. The van der Waals surface area contributed by atoms with Crippen LogP contribution in [0.1, 0.15) is 12.5 Å². The second kappa shape index (κ2) is 7.70. The van der Waals surface area contributed by atoms with E-state index < -0.39 is 0 Å². The largest absolute Gasteiger partial charge is 0.311 e. The number of anilines is 1. The lowest BCUT2D eigenvalue weighted by Gasteiger charge is -2.21. The molecule has 8 heteroatoms. The number of rotatable bonds is 5. The second-order valence-electron chi connectivity index (χ2n) is 7.47. The maximum Gasteiger partial charge on any atom is 0.263 e. The Balaban J connectivity index is 1.55. The predicted octanol–water partition coefficient (Wildman–Crippen LogP) is 3.30. The molecule has 0 bridgehead atoms. The molecule has 1 aliphatic rings. The Kier molecular flexibility index (Phi) is 4.86. The molecule has 0 unspecified atom stereocenters. The van der Waals surface area contributed by atoms with Gasteiger partial charge in [-0.1, -0.05) is 48.2 Å². The van der Waals surface area contributed by atoms with Gasteiger partial charge in [-0.3, -0.25) is 18.6 Å². The first-order chi connectivity index (χ1) is 15.1. The minimum Gasteiger partial charge on any atom is -0.311 e. The normalized spacial score (nSPS) is 14.2. The molecular formula is C23H21N5O2S. The van der Waals surface area contributed by atoms with Crippen LogP contribution in [0.3, 0.4) is 0 Å². The standard InChI is InChI=1S/C23H21N5O2S/c1-3-13-27-21(30)17-9-5-7-11-19(17)28-22(27)24-25-23(28)31-15(2)20(29)26-14-12-16-8-4-6-10-18(16)26/h3-11,15H,1,12-14H2,2H3/t15-/m0/s1. The first-order valence-corrected chi connectivity index (χ1v) is 11.0. The molecule has 1 aliphatic heterocycles. The van der Waals surface area contributed by atoms with E-state index in [1.165, 1.54) is 17.3 Å². The zero-order valence-corrected chi connectivity index (χ0v) is 17.9. The van der Waals surface area contributed by atoms with Gasteiger partial charge in [0.1, 0.15) is 0 Å². The Hall–Kier alpha value is -3.39. The summed E-state index contributed by atoms with van der Waals surface area (Å²) in [6.07, 6.45) is 2.53. The number of allylic oxidation sites excluding steroid dienone is 1. The molecule has 156 valence electrons. The van der Waals surface area contributed by atoms with E-state index in [0.29, 0.717) is 29.4 Å². The van der Waals surface area contributed by atoms with Crippen molar-refractivity contribution in [2.45, 2.75) is 30.3 Å². The first kappa shape index (κ1) is 19.6. The summed E-state index contributed by atoms with van der Waals surface area (Å²) in [5, 5.41) is 9.40. The van der Waals surface area contributed by atoms with E-state index in [-0.39, 0.29) is 16.7 Å². The summed E-state index contributed by atoms with van der Waals surface area (Å²) in [4.78, 5) is 28.0. The summed E-state index contributed by atoms with van der Waals surface area (Å²) in [6.45, 7) is 6.65. The molecule has 0 saturated heterocycles. The molecule has 0 saturated carbocycles. The summed E-state index contributed by atoms with van der Waals surface area (Å²) in [5.74, 6) is 0.479. The molecule has 0 fully saturated rings. The molecule has 7 nitrogen and oxygen atoms in total. The van der Waals surface area contributed by atoms with E-state index in [2.05, 4.69) is 22.8 Å². The third-order valence-corrected chi connectivity index (χ3v) is 6.60. The van der Waals surface area contributed by atoms with Gasteiger partial charge in [0.05, 0.1) is 16.2 Å².